The van der Waals surface area contributed by atoms with E-state index in [-0.39, 0.29) is 61.4 Å². The normalized spacial score (nSPS) is 13.6. The predicted octanol–water partition coefficient (Wildman–Crippen LogP) is -0.706. The van der Waals surface area contributed by atoms with Crippen LogP contribution in [0.3, 0.4) is 0 Å². The van der Waals surface area contributed by atoms with Gasteiger partial charge in [0.25, 0.3) is 0 Å². The van der Waals surface area contributed by atoms with Crippen LogP contribution in [0.15, 0.2) is 60.7 Å². The van der Waals surface area contributed by atoms with Gasteiger partial charge in [-0.05, 0) is 54.7 Å². The molecule has 0 aliphatic rings. The number of aromatic hydroxyl groups is 1. The van der Waals surface area contributed by atoms with E-state index in [4.69, 9.17) is 9.84 Å². The molecule has 0 aromatic heterocycles. The molecule has 3 N–H and O–H groups in total. The van der Waals surface area contributed by atoms with E-state index in [2.05, 4.69) is 0 Å². The van der Waals surface area contributed by atoms with Crippen molar-refractivity contribution < 1.29 is 62.6 Å². The molecule has 2 rings (SSSR count). The average Bonchev–Trinajstić information content (AvgIpc) is 2.69. The summed E-state index contributed by atoms with van der Waals surface area (Å²) in [6, 6.07) is 13.0. The summed E-state index contributed by atoms with van der Waals surface area (Å²) in [4.78, 5) is 0. The molecule has 0 heterocycles. The number of aliphatic hydroxyl groups is 2. The van der Waals surface area contributed by atoms with Crippen molar-refractivity contribution in [3.8, 4) is 11.5 Å². The van der Waals surface area contributed by atoms with Crippen LogP contribution in [0, 0.1) is 0 Å². The largest absolute Gasteiger partial charge is 1.00 e. The zero-order chi connectivity index (χ0) is 21.3. The molecular formula is C21H25NaO7S. The fraction of sp³-hybridized carbons (Fsp3) is 0.333. The molecule has 0 amide bonds. The van der Waals surface area contributed by atoms with Crippen molar-refractivity contribution >= 4 is 10.1 Å². The van der Waals surface area contributed by atoms with Crippen molar-refractivity contribution in [2.75, 3.05) is 13.2 Å². The van der Waals surface area contributed by atoms with Gasteiger partial charge in [-0.2, -0.15) is 0 Å². The van der Waals surface area contributed by atoms with Crippen LogP contribution in [0.2, 0.25) is 0 Å². The number of phenolic OH excluding ortho intramolecular Hbond substituents is 1. The van der Waals surface area contributed by atoms with Crippen LogP contribution in [0.25, 0.3) is 0 Å². The summed E-state index contributed by atoms with van der Waals surface area (Å²) in [5.74, 6) is 0.678. The average molecular weight is 444 g/mol. The van der Waals surface area contributed by atoms with Crippen LogP contribution in [-0.2, 0) is 16.5 Å². The molecule has 0 aliphatic heterocycles. The smallest absolute Gasteiger partial charge is 0.748 e. The van der Waals surface area contributed by atoms with Gasteiger partial charge in [-0.3, -0.25) is 0 Å². The molecule has 0 saturated heterocycles. The number of aliphatic hydroxyl groups excluding tert-OH is 2. The van der Waals surface area contributed by atoms with Gasteiger partial charge in [0.05, 0.1) is 28.1 Å². The number of hydrogen-bond donors (Lipinski definition) is 3. The molecule has 0 radical (unpaired) electrons. The van der Waals surface area contributed by atoms with E-state index in [0.29, 0.717) is 17.7 Å². The van der Waals surface area contributed by atoms with Crippen LogP contribution in [0.4, 0.5) is 0 Å². The molecular weight excluding hydrogens is 419 g/mol. The monoisotopic (exact) mass is 444 g/mol. The van der Waals surface area contributed by atoms with Crippen LogP contribution in [0.1, 0.15) is 30.1 Å². The maximum atomic E-state index is 11.6. The van der Waals surface area contributed by atoms with Crippen molar-refractivity contribution in [1.82, 2.24) is 0 Å². The minimum atomic E-state index is -4.49. The van der Waals surface area contributed by atoms with Gasteiger partial charge in [0.2, 0.25) is 0 Å². The summed E-state index contributed by atoms with van der Waals surface area (Å²) in [5, 5.41) is 27.0. The van der Waals surface area contributed by atoms with Crippen molar-refractivity contribution in [2.45, 2.75) is 30.6 Å². The zero-order valence-corrected chi connectivity index (χ0v) is 19.7. The van der Waals surface area contributed by atoms with Gasteiger partial charge in [-0.1, -0.05) is 36.4 Å². The third-order valence-corrected chi connectivity index (χ3v) is 5.64. The Labute approximate surface area is 199 Å². The Balaban J connectivity index is 0.00000450. The second-order valence-electron chi connectivity index (χ2n) is 6.57. The van der Waals surface area contributed by atoms with Crippen LogP contribution in [-0.4, -0.2) is 46.8 Å². The van der Waals surface area contributed by atoms with E-state index >= 15 is 0 Å². The van der Waals surface area contributed by atoms with E-state index in [0.717, 1.165) is 5.56 Å². The topological polar surface area (TPSA) is 127 Å². The van der Waals surface area contributed by atoms with Gasteiger partial charge in [0, 0.05) is 0 Å². The van der Waals surface area contributed by atoms with Crippen molar-refractivity contribution in [2.24, 2.45) is 0 Å². The number of hydrogen-bond acceptors (Lipinski definition) is 7. The fourth-order valence-electron chi connectivity index (χ4n) is 2.77. The fourth-order valence-corrected chi connectivity index (χ4v) is 3.52. The number of rotatable bonds is 11. The van der Waals surface area contributed by atoms with Gasteiger partial charge in [0.15, 0.2) is 0 Å². The van der Waals surface area contributed by atoms with E-state index in [1.165, 1.54) is 24.3 Å². The van der Waals surface area contributed by atoms with Crippen LogP contribution >= 0.6 is 0 Å². The Kier molecular flexibility index (Phi) is 11.6. The number of phenols is 1. The standard InChI is InChI=1S/C21H26O7S.Na/c22-14-15-28-19-11-4-16(5-12-19)6-13-20(29(25,26)27)2-1-3-21(24)17-7-9-18(23)10-8-17;/h1,3-5,7-12,20-24H,2,6,13-15H2,(H,25,26,27);/q;+1/p-1. The first-order chi connectivity index (χ1) is 13.8. The summed E-state index contributed by atoms with van der Waals surface area (Å²) in [6.45, 7) is 0.109. The first kappa shape index (κ1) is 26.6. The maximum Gasteiger partial charge on any atom is 1.00 e. The molecule has 9 heteroatoms. The molecule has 2 atom stereocenters. The SMILES string of the molecule is O=S(=O)([O-])C(CC=CC(O)c1ccc(O)cc1)CCc1ccc(OCCO)cc1.[Na+]. The Hall–Kier alpha value is -1.39. The predicted molar refractivity (Wildman–Crippen MR) is 108 cm³/mol. The summed E-state index contributed by atoms with van der Waals surface area (Å²) in [5.41, 5.74) is 1.41. The van der Waals surface area contributed by atoms with Gasteiger partial charge < -0.3 is 24.6 Å². The van der Waals surface area contributed by atoms with Crippen LogP contribution < -0.4 is 34.3 Å². The first-order valence-corrected chi connectivity index (χ1v) is 10.7. The van der Waals surface area contributed by atoms with E-state index in [1.807, 2.05) is 0 Å². The Morgan fingerprint density at radius 1 is 1.07 bits per heavy atom. The minimum Gasteiger partial charge on any atom is -0.748 e. The zero-order valence-electron chi connectivity index (χ0n) is 16.8. The molecule has 2 unspecified atom stereocenters. The van der Waals surface area contributed by atoms with Crippen molar-refractivity contribution in [3.63, 3.8) is 0 Å². The summed E-state index contributed by atoms with van der Waals surface area (Å²) >= 11 is 0. The minimum absolute atomic E-state index is 0. The number of ether oxygens (including phenoxy) is 1. The van der Waals surface area contributed by atoms with Crippen molar-refractivity contribution in [1.29, 1.82) is 0 Å². The van der Waals surface area contributed by atoms with Gasteiger partial charge in [0.1, 0.15) is 18.1 Å². The molecule has 0 bridgehead atoms. The number of benzene rings is 2. The Bertz CT molecular complexity index is 881. The first-order valence-electron chi connectivity index (χ1n) is 9.20. The number of allylic oxidation sites excluding steroid dienone is 1. The maximum absolute atomic E-state index is 11.6. The molecule has 0 spiro atoms. The summed E-state index contributed by atoms with van der Waals surface area (Å²) in [6.07, 6.45) is 2.51. The second kappa shape index (κ2) is 13.1. The Morgan fingerprint density at radius 2 is 1.70 bits per heavy atom. The summed E-state index contributed by atoms with van der Waals surface area (Å²) < 4.78 is 40.0. The molecule has 158 valence electrons. The molecule has 0 aliphatic carbocycles. The molecule has 2 aromatic rings. The quantitative estimate of drug-likeness (QED) is 0.237. The molecule has 30 heavy (non-hydrogen) atoms. The van der Waals surface area contributed by atoms with Crippen LogP contribution in [0.5, 0.6) is 11.5 Å². The van der Waals surface area contributed by atoms with Gasteiger partial charge >= 0.3 is 29.6 Å². The molecule has 0 saturated carbocycles. The molecule has 2 aromatic carbocycles. The third kappa shape index (κ3) is 9.18. The summed E-state index contributed by atoms with van der Waals surface area (Å²) in [7, 11) is -4.49. The van der Waals surface area contributed by atoms with Gasteiger partial charge in [-0.25, -0.2) is 8.42 Å². The van der Waals surface area contributed by atoms with Crippen molar-refractivity contribution in [3.05, 3.63) is 71.8 Å². The van der Waals surface area contributed by atoms with E-state index < -0.39 is 21.5 Å². The number of aryl methyl sites for hydroxylation is 1. The second-order valence-corrected chi connectivity index (χ2v) is 8.22. The van der Waals surface area contributed by atoms with E-state index in [9.17, 15) is 23.2 Å². The third-order valence-electron chi connectivity index (χ3n) is 4.40. The van der Waals surface area contributed by atoms with E-state index in [1.54, 1.807) is 36.4 Å². The molecule has 0 fully saturated rings. The molecule has 7 nitrogen and oxygen atoms in total. The Morgan fingerprint density at radius 3 is 2.27 bits per heavy atom. The van der Waals surface area contributed by atoms with Gasteiger partial charge in [-0.15, -0.1) is 0 Å².